The summed E-state index contributed by atoms with van der Waals surface area (Å²) in [6.07, 6.45) is 4.87. The molecule has 2 rings (SSSR count). The van der Waals surface area contributed by atoms with E-state index in [2.05, 4.69) is 15.0 Å². The van der Waals surface area contributed by atoms with Crippen molar-refractivity contribution in [2.45, 2.75) is 38.1 Å². The van der Waals surface area contributed by atoms with Crippen molar-refractivity contribution in [2.75, 3.05) is 18.8 Å². The molecule has 1 heterocycles. The Balaban J connectivity index is 1.64. The van der Waals surface area contributed by atoms with Gasteiger partial charge in [-0.3, -0.25) is 0 Å². The number of hydrogen-bond acceptors (Lipinski definition) is 5. The Hall–Kier alpha value is -0.500. The Morgan fingerprint density at radius 2 is 2.32 bits per heavy atom. The van der Waals surface area contributed by atoms with Gasteiger partial charge in [-0.25, -0.2) is 18.1 Å². The molecule has 0 bridgehead atoms. The van der Waals surface area contributed by atoms with Gasteiger partial charge in [-0.2, -0.15) is 0 Å². The van der Waals surface area contributed by atoms with Crippen LogP contribution in [0.1, 0.15) is 37.1 Å². The van der Waals surface area contributed by atoms with Gasteiger partial charge in [-0.1, -0.05) is 6.92 Å². The fourth-order valence-corrected chi connectivity index (χ4v) is 3.62. The van der Waals surface area contributed by atoms with Crippen LogP contribution in [0, 0.1) is 0 Å². The molecule has 7 heteroatoms. The zero-order valence-electron chi connectivity index (χ0n) is 11.1. The third kappa shape index (κ3) is 5.56. The lowest BCUT2D eigenvalue weighted by Crippen LogP contribution is -2.31. The van der Waals surface area contributed by atoms with E-state index in [9.17, 15) is 8.42 Å². The number of rotatable bonds is 9. The van der Waals surface area contributed by atoms with Crippen molar-refractivity contribution in [1.29, 1.82) is 0 Å². The Bertz CT molecular complexity index is 469. The van der Waals surface area contributed by atoms with Gasteiger partial charge in [0.1, 0.15) is 0 Å². The molecule has 1 aromatic heterocycles. The molecule has 0 spiro atoms. The molecule has 1 aliphatic rings. The van der Waals surface area contributed by atoms with Crippen molar-refractivity contribution in [3.63, 3.8) is 0 Å². The maximum Gasteiger partial charge on any atom is 0.211 e. The maximum absolute atomic E-state index is 11.8. The predicted molar refractivity (Wildman–Crippen MR) is 78.0 cm³/mol. The van der Waals surface area contributed by atoms with Gasteiger partial charge in [0, 0.05) is 30.1 Å². The van der Waals surface area contributed by atoms with Crippen LogP contribution >= 0.6 is 11.3 Å². The van der Waals surface area contributed by atoms with Crippen LogP contribution in [0.2, 0.25) is 0 Å². The van der Waals surface area contributed by atoms with E-state index in [4.69, 9.17) is 0 Å². The summed E-state index contributed by atoms with van der Waals surface area (Å²) in [6.45, 7) is 3.19. The van der Waals surface area contributed by atoms with Crippen molar-refractivity contribution >= 4 is 21.4 Å². The minimum Gasteiger partial charge on any atom is -0.314 e. The summed E-state index contributed by atoms with van der Waals surface area (Å²) in [6, 6.07) is 0.639. The molecule has 108 valence electrons. The van der Waals surface area contributed by atoms with Gasteiger partial charge in [-0.05, 0) is 25.8 Å². The lowest BCUT2D eigenvalue weighted by Gasteiger charge is -2.11. The first-order chi connectivity index (χ1) is 9.07. The Kier molecular flexibility index (Phi) is 5.32. The summed E-state index contributed by atoms with van der Waals surface area (Å²) in [4.78, 5) is 4.19. The number of nitrogens with one attached hydrogen (secondary N) is 2. The normalized spacial score (nSPS) is 17.5. The molecule has 1 fully saturated rings. The zero-order chi connectivity index (χ0) is 13.7. The Morgan fingerprint density at radius 1 is 1.53 bits per heavy atom. The molecule has 1 aromatic rings. The van der Waals surface area contributed by atoms with Crippen LogP contribution in [0.15, 0.2) is 11.6 Å². The first kappa shape index (κ1) is 14.9. The highest BCUT2D eigenvalue weighted by Gasteiger charge is 2.20. The molecule has 0 radical (unpaired) electrons. The van der Waals surface area contributed by atoms with Gasteiger partial charge < -0.3 is 5.32 Å². The van der Waals surface area contributed by atoms with Crippen LogP contribution in [0.4, 0.5) is 0 Å². The maximum atomic E-state index is 11.8. The summed E-state index contributed by atoms with van der Waals surface area (Å²) >= 11 is 1.56. The number of thiazole rings is 1. The number of aromatic nitrogens is 1. The van der Waals surface area contributed by atoms with Crippen LogP contribution in [0.3, 0.4) is 0 Å². The predicted octanol–water partition coefficient (Wildman–Crippen LogP) is 1.31. The van der Waals surface area contributed by atoms with E-state index < -0.39 is 10.0 Å². The third-order valence-electron chi connectivity index (χ3n) is 3.08. The average molecular weight is 303 g/mol. The highest BCUT2D eigenvalue weighted by Crippen LogP contribution is 2.18. The Morgan fingerprint density at radius 3 is 2.95 bits per heavy atom. The monoisotopic (exact) mass is 303 g/mol. The third-order valence-corrected chi connectivity index (χ3v) is 5.52. The van der Waals surface area contributed by atoms with E-state index in [0.717, 1.165) is 11.6 Å². The van der Waals surface area contributed by atoms with Crippen molar-refractivity contribution < 1.29 is 8.42 Å². The molecule has 1 atom stereocenters. The lowest BCUT2D eigenvalue weighted by atomic mass is 10.2. The highest BCUT2D eigenvalue weighted by molar-refractivity contribution is 7.89. The van der Waals surface area contributed by atoms with Gasteiger partial charge in [-0.15, -0.1) is 11.3 Å². The molecule has 0 amide bonds. The van der Waals surface area contributed by atoms with Crippen molar-refractivity contribution in [3.05, 3.63) is 16.6 Å². The van der Waals surface area contributed by atoms with Gasteiger partial charge >= 0.3 is 0 Å². The van der Waals surface area contributed by atoms with Crippen LogP contribution < -0.4 is 10.0 Å². The van der Waals surface area contributed by atoms with E-state index in [1.807, 2.05) is 12.3 Å². The average Bonchev–Trinajstić information content (AvgIpc) is 3.03. The van der Waals surface area contributed by atoms with E-state index >= 15 is 0 Å². The minimum absolute atomic E-state index is 0.124. The number of sulfonamides is 1. The minimum atomic E-state index is -3.16. The Labute approximate surface area is 118 Å². The molecule has 5 nitrogen and oxygen atoms in total. The van der Waals surface area contributed by atoms with Gasteiger partial charge in [0.05, 0.1) is 10.8 Å². The molecule has 0 saturated heterocycles. The molecule has 2 N–H and O–H groups in total. The molecule has 1 unspecified atom stereocenters. The van der Waals surface area contributed by atoms with E-state index in [-0.39, 0.29) is 11.7 Å². The molecule has 1 aliphatic carbocycles. The quantitative estimate of drug-likeness (QED) is 0.675. The summed E-state index contributed by atoms with van der Waals surface area (Å²) < 4.78 is 26.3. The molecule has 1 saturated carbocycles. The largest absolute Gasteiger partial charge is 0.314 e. The van der Waals surface area contributed by atoms with Crippen molar-refractivity contribution in [2.24, 2.45) is 0 Å². The summed E-state index contributed by atoms with van der Waals surface area (Å²) in [5.41, 5.74) is 0. The van der Waals surface area contributed by atoms with Crippen LogP contribution in [0.25, 0.3) is 0 Å². The summed E-state index contributed by atoms with van der Waals surface area (Å²) in [5, 5.41) is 6.19. The topological polar surface area (TPSA) is 71.1 Å². The molecule has 0 aromatic carbocycles. The van der Waals surface area contributed by atoms with Crippen LogP contribution in [-0.4, -0.2) is 38.3 Å². The molecular formula is C12H21N3O2S2. The van der Waals surface area contributed by atoms with E-state index in [1.165, 1.54) is 12.8 Å². The number of nitrogens with zero attached hydrogens (tertiary/aromatic N) is 1. The first-order valence-electron chi connectivity index (χ1n) is 6.67. The SMILES string of the molecule is CC(CNS(=O)(=O)CCCNC1CC1)c1nccs1. The van der Waals surface area contributed by atoms with Crippen LogP contribution in [-0.2, 0) is 10.0 Å². The van der Waals surface area contributed by atoms with E-state index in [0.29, 0.717) is 19.0 Å². The van der Waals surface area contributed by atoms with Gasteiger partial charge in [0.25, 0.3) is 0 Å². The van der Waals surface area contributed by atoms with Crippen molar-refractivity contribution in [3.8, 4) is 0 Å². The first-order valence-corrected chi connectivity index (χ1v) is 9.20. The van der Waals surface area contributed by atoms with E-state index in [1.54, 1.807) is 17.5 Å². The summed E-state index contributed by atoms with van der Waals surface area (Å²) in [5.74, 6) is 0.316. The van der Waals surface area contributed by atoms with Gasteiger partial charge in [0.15, 0.2) is 0 Å². The second-order valence-corrected chi connectivity index (χ2v) is 7.87. The standard InChI is InChI=1S/C12H21N3O2S2/c1-10(12-14-6-7-18-12)9-15-19(16,17)8-2-5-13-11-3-4-11/h6-7,10-11,13,15H,2-5,8-9H2,1H3. The summed E-state index contributed by atoms with van der Waals surface area (Å²) in [7, 11) is -3.16. The second-order valence-electron chi connectivity index (χ2n) is 5.02. The molecular weight excluding hydrogens is 282 g/mol. The lowest BCUT2D eigenvalue weighted by molar-refractivity contribution is 0.568. The van der Waals surface area contributed by atoms with Crippen LogP contribution in [0.5, 0.6) is 0 Å². The second kappa shape index (κ2) is 6.78. The fourth-order valence-electron chi connectivity index (χ4n) is 1.75. The fraction of sp³-hybridized carbons (Fsp3) is 0.750. The van der Waals surface area contributed by atoms with Crippen molar-refractivity contribution in [1.82, 2.24) is 15.0 Å². The number of hydrogen-bond donors (Lipinski definition) is 2. The van der Waals surface area contributed by atoms with Gasteiger partial charge in [0.2, 0.25) is 10.0 Å². The zero-order valence-corrected chi connectivity index (χ0v) is 12.8. The smallest absolute Gasteiger partial charge is 0.211 e. The molecule has 0 aliphatic heterocycles. The molecule has 19 heavy (non-hydrogen) atoms. The highest BCUT2D eigenvalue weighted by atomic mass is 32.2.